The molecule has 6 nitrogen and oxygen atoms in total. The van der Waals surface area contributed by atoms with Gasteiger partial charge < -0.3 is 10.1 Å². The highest BCUT2D eigenvalue weighted by molar-refractivity contribution is 5.89. The number of benzene rings is 1. The molecule has 0 saturated carbocycles. The average molecular weight is 355 g/mol. The fourth-order valence-corrected chi connectivity index (χ4v) is 2.48. The van der Waals surface area contributed by atoms with Crippen molar-refractivity contribution < 1.29 is 14.3 Å². The van der Waals surface area contributed by atoms with Gasteiger partial charge in [-0.05, 0) is 37.3 Å². The summed E-state index contributed by atoms with van der Waals surface area (Å²) in [5, 5.41) is 2.82. The Morgan fingerprint density at radius 2 is 1.77 bits per heavy atom. The van der Waals surface area contributed by atoms with Gasteiger partial charge >= 0.3 is 5.97 Å². The molecule has 0 spiro atoms. The number of ether oxygens (including phenoxy) is 1. The van der Waals surface area contributed by atoms with Crippen LogP contribution in [0, 0.1) is 12.8 Å². The molecule has 138 valence electrons. The summed E-state index contributed by atoms with van der Waals surface area (Å²) in [5.74, 6) is -0.429. The zero-order valence-corrected chi connectivity index (χ0v) is 15.7. The quantitative estimate of drug-likeness (QED) is 0.772. The zero-order valence-electron chi connectivity index (χ0n) is 15.7. The molecule has 2 aromatic rings. The highest BCUT2D eigenvalue weighted by atomic mass is 16.5. The highest BCUT2D eigenvalue weighted by Gasteiger charge is 2.14. The van der Waals surface area contributed by atoms with Gasteiger partial charge in [0.2, 0.25) is 0 Å². The SMILES string of the molecule is Cc1cnc(C(=O)OCC(=O)N[C@H](C)c2ccc(CC(C)C)cc2)cn1. The average Bonchev–Trinajstić information content (AvgIpc) is 2.60. The van der Waals surface area contributed by atoms with E-state index < -0.39 is 5.97 Å². The first-order valence-corrected chi connectivity index (χ1v) is 8.69. The Morgan fingerprint density at radius 3 is 2.35 bits per heavy atom. The molecule has 0 bridgehead atoms. The van der Waals surface area contributed by atoms with Gasteiger partial charge in [0.05, 0.1) is 17.9 Å². The van der Waals surface area contributed by atoms with E-state index in [1.165, 1.54) is 18.0 Å². The maximum Gasteiger partial charge on any atom is 0.359 e. The molecule has 1 aromatic carbocycles. The molecule has 0 aliphatic heterocycles. The van der Waals surface area contributed by atoms with Gasteiger partial charge in [0.25, 0.3) is 5.91 Å². The van der Waals surface area contributed by atoms with Gasteiger partial charge in [-0.25, -0.2) is 9.78 Å². The number of hydrogen-bond acceptors (Lipinski definition) is 5. The van der Waals surface area contributed by atoms with Crippen LogP contribution in [0.25, 0.3) is 0 Å². The van der Waals surface area contributed by atoms with E-state index in [2.05, 4.69) is 41.3 Å². The Balaban J connectivity index is 1.83. The van der Waals surface area contributed by atoms with Gasteiger partial charge in [-0.3, -0.25) is 9.78 Å². The summed E-state index contributed by atoms with van der Waals surface area (Å²) in [6, 6.07) is 8.00. The number of aromatic nitrogens is 2. The molecule has 0 aliphatic rings. The second-order valence-corrected chi connectivity index (χ2v) is 6.75. The number of carbonyl (C=O) groups is 2. The van der Waals surface area contributed by atoms with E-state index in [1.807, 2.05) is 19.1 Å². The smallest absolute Gasteiger partial charge is 0.359 e. The molecule has 1 amide bonds. The summed E-state index contributed by atoms with van der Waals surface area (Å²) in [7, 11) is 0. The van der Waals surface area contributed by atoms with Crippen LogP contribution in [0.2, 0.25) is 0 Å². The summed E-state index contributed by atoms with van der Waals surface area (Å²) < 4.78 is 4.98. The standard InChI is InChI=1S/C20H25N3O3/c1-13(2)9-16-5-7-17(8-6-16)15(4)23-19(24)12-26-20(25)18-11-21-14(3)10-22-18/h5-8,10-11,13,15H,9,12H2,1-4H3,(H,23,24)/t15-/m1/s1. The van der Waals surface area contributed by atoms with Crippen molar-refractivity contribution in [2.24, 2.45) is 5.92 Å². The summed E-state index contributed by atoms with van der Waals surface area (Å²) in [6.45, 7) is 7.67. The van der Waals surface area contributed by atoms with Gasteiger partial charge in [0, 0.05) is 6.20 Å². The van der Waals surface area contributed by atoms with Gasteiger partial charge in [-0.2, -0.15) is 0 Å². The van der Waals surface area contributed by atoms with E-state index in [0.29, 0.717) is 11.6 Å². The van der Waals surface area contributed by atoms with E-state index >= 15 is 0 Å². The molecule has 1 N–H and O–H groups in total. The number of hydrogen-bond donors (Lipinski definition) is 1. The van der Waals surface area contributed by atoms with Crippen LogP contribution in [0.1, 0.15) is 54.1 Å². The molecular weight excluding hydrogens is 330 g/mol. The van der Waals surface area contributed by atoms with E-state index in [4.69, 9.17) is 4.74 Å². The Labute approximate surface area is 154 Å². The molecule has 0 saturated heterocycles. The minimum atomic E-state index is -0.668. The van der Waals surface area contributed by atoms with Crippen molar-refractivity contribution in [3.63, 3.8) is 0 Å². The Morgan fingerprint density at radius 1 is 1.08 bits per heavy atom. The van der Waals surface area contributed by atoms with Crippen molar-refractivity contribution in [3.8, 4) is 0 Å². The molecule has 0 aliphatic carbocycles. The minimum absolute atomic E-state index is 0.0807. The minimum Gasteiger partial charge on any atom is -0.451 e. The molecule has 26 heavy (non-hydrogen) atoms. The topological polar surface area (TPSA) is 81.2 Å². The summed E-state index contributed by atoms with van der Waals surface area (Å²) in [5.41, 5.74) is 3.06. The molecule has 1 aromatic heterocycles. The zero-order chi connectivity index (χ0) is 19.1. The van der Waals surface area contributed by atoms with Gasteiger partial charge in [0.15, 0.2) is 12.3 Å². The van der Waals surface area contributed by atoms with Crippen molar-refractivity contribution in [2.75, 3.05) is 6.61 Å². The number of amides is 1. The van der Waals surface area contributed by atoms with Crippen molar-refractivity contribution in [3.05, 3.63) is 59.2 Å². The van der Waals surface area contributed by atoms with E-state index in [0.717, 1.165) is 12.0 Å². The highest BCUT2D eigenvalue weighted by Crippen LogP contribution is 2.15. The maximum absolute atomic E-state index is 12.0. The lowest BCUT2D eigenvalue weighted by atomic mass is 10.00. The first kappa shape index (κ1) is 19.6. The maximum atomic E-state index is 12.0. The third-order valence-corrected chi connectivity index (χ3v) is 3.83. The second-order valence-electron chi connectivity index (χ2n) is 6.75. The second kappa shape index (κ2) is 9.08. The lowest BCUT2D eigenvalue weighted by molar-refractivity contribution is -0.124. The van der Waals surface area contributed by atoms with Crippen LogP contribution in [0.5, 0.6) is 0 Å². The molecule has 0 fully saturated rings. The molecule has 1 heterocycles. The number of nitrogens with zero attached hydrogens (tertiary/aromatic N) is 2. The van der Waals surface area contributed by atoms with E-state index in [-0.39, 0.29) is 24.2 Å². The number of rotatable bonds is 7. The first-order chi connectivity index (χ1) is 12.3. The molecule has 0 unspecified atom stereocenters. The van der Waals surface area contributed by atoms with Crippen LogP contribution in [-0.2, 0) is 16.0 Å². The van der Waals surface area contributed by atoms with Crippen molar-refractivity contribution in [1.82, 2.24) is 15.3 Å². The molecule has 1 atom stereocenters. The Hall–Kier alpha value is -2.76. The Kier molecular flexibility index (Phi) is 6.83. The van der Waals surface area contributed by atoms with E-state index in [1.54, 1.807) is 6.92 Å². The molecule has 0 radical (unpaired) electrons. The lowest BCUT2D eigenvalue weighted by Crippen LogP contribution is -2.31. The fraction of sp³-hybridized carbons (Fsp3) is 0.400. The van der Waals surface area contributed by atoms with Crippen LogP contribution in [-0.4, -0.2) is 28.5 Å². The summed E-state index contributed by atoms with van der Waals surface area (Å²) >= 11 is 0. The van der Waals surface area contributed by atoms with Gasteiger partial charge in [0.1, 0.15) is 0 Å². The summed E-state index contributed by atoms with van der Waals surface area (Å²) in [6.07, 6.45) is 3.83. The molecule has 6 heteroatoms. The summed E-state index contributed by atoms with van der Waals surface area (Å²) in [4.78, 5) is 31.7. The monoisotopic (exact) mass is 355 g/mol. The van der Waals surface area contributed by atoms with E-state index in [9.17, 15) is 9.59 Å². The third-order valence-electron chi connectivity index (χ3n) is 3.83. The number of esters is 1. The molecular formula is C20H25N3O3. The van der Waals surface area contributed by atoms with Crippen LogP contribution in [0.4, 0.5) is 0 Å². The van der Waals surface area contributed by atoms with Crippen LogP contribution >= 0.6 is 0 Å². The van der Waals surface area contributed by atoms with Crippen LogP contribution < -0.4 is 5.32 Å². The van der Waals surface area contributed by atoms with Gasteiger partial charge in [-0.1, -0.05) is 38.1 Å². The largest absolute Gasteiger partial charge is 0.451 e. The first-order valence-electron chi connectivity index (χ1n) is 8.69. The van der Waals surface area contributed by atoms with Crippen LogP contribution in [0.15, 0.2) is 36.7 Å². The number of carbonyl (C=O) groups excluding carboxylic acids is 2. The fourth-order valence-electron chi connectivity index (χ4n) is 2.48. The van der Waals surface area contributed by atoms with Crippen molar-refractivity contribution >= 4 is 11.9 Å². The lowest BCUT2D eigenvalue weighted by Gasteiger charge is -2.15. The Bertz CT molecular complexity index is 740. The number of nitrogens with one attached hydrogen (secondary N) is 1. The van der Waals surface area contributed by atoms with Crippen molar-refractivity contribution in [2.45, 2.75) is 40.2 Å². The third kappa shape index (κ3) is 5.95. The van der Waals surface area contributed by atoms with Crippen LogP contribution in [0.3, 0.4) is 0 Å². The number of aryl methyl sites for hydroxylation is 1. The molecule has 2 rings (SSSR count). The predicted molar refractivity (Wildman–Crippen MR) is 98.6 cm³/mol. The normalized spacial score (nSPS) is 11.9. The van der Waals surface area contributed by atoms with Crippen molar-refractivity contribution in [1.29, 1.82) is 0 Å². The van der Waals surface area contributed by atoms with Gasteiger partial charge in [-0.15, -0.1) is 0 Å². The predicted octanol–water partition coefficient (Wildman–Crippen LogP) is 3.02.